The van der Waals surface area contributed by atoms with Gasteiger partial charge in [0.05, 0.1) is 18.5 Å². The number of hydrogen-bond acceptors (Lipinski definition) is 6. The Kier molecular flexibility index (Phi) is 5.99. The van der Waals surface area contributed by atoms with E-state index >= 15 is 0 Å². The molecule has 4 aromatic rings. The summed E-state index contributed by atoms with van der Waals surface area (Å²) in [5.41, 5.74) is 3.60. The molecular weight excluding hydrogens is 412 g/mol. The molecule has 0 unspecified atom stereocenters. The zero-order valence-corrected chi connectivity index (χ0v) is 18.3. The summed E-state index contributed by atoms with van der Waals surface area (Å²) in [6, 6.07) is 17.1. The predicted octanol–water partition coefficient (Wildman–Crippen LogP) is 4.64. The average Bonchev–Trinajstić information content (AvgIpc) is 3.39. The van der Waals surface area contributed by atoms with Crippen LogP contribution >= 0.6 is 11.3 Å². The monoisotopic (exact) mass is 434 g/mol. The average molecular weight is 435 g/mol. The largest absolute Gasteiger partial charge is 0.497 e. The zero-order chi connectivity index (χ0) is 21.8. The Bertz CT molecular complexity index is 1220. The fourth-order valence-electron chi connectivity index (χ4n) is 3.04. The number of aromatic nitrogens is 3. The smallest absolute Gasteiger partial charge is 0.263 e. The standard InChI is InChI=1S/C23H22N4O3S/c1-15-6-4-9-19(10-15)30-13-22(28)25-21-11-16(2)26-27(21)23-24-20(14-31-23)17-7-5-8-18(12-17)29-3/h4-12,14H,13H2,1-3H3,(H,25,28). The highest BCUT2D eigenvalue weighted by Gasteiger charge is 2.15. The van der Waals surface area contributed by atoms with E-state index in [9.17, 15) is 4.79 Å². The van der Waals surface area contributed by atoms with Crippen LogP contribution in [0.15, 0.2) is 60.0 Å². The van der Waals surface area contributed by atoms with Crippen LogP contribution in [0.3, 0.4) is 0 Å². The Morgan fingerprint density at radius 1 is 1.10 bits per heavy atom. The van der Waals surface area contributed by atoms with Crippen LogP contribution in [0.4, 0.5) is 5.82 Å². The van der Waals surface area contributed by atoms with E-state index in [1.807, 2.05) is 67.8 Å². The van der Waals surface area contributed by atoms with Gasteiger partial charge in [-0.1, -0.05) is 24.3 Å². The van der Waals surface area contributed by atoms with Crippen molar-refractivity contribution in [1.82, 2.24) is 14.8 Å². The number of hydrogen-bond donors (Lipinski definition) is 1. The molecule has 4 rings (SSSR count). The number of amides is 1. The molecular formula is C23H22N4O3S. The van der Waals surface area contributed by atoms with Gasteiger partial charge in [0.25, 0.3) is 5.91 Å². The summed E-state index contributed by atoms with van der Waals surface area (Å²) >= 11 is 1.44. The minimum Gasteiger partial charge on any atom is -0.497 e. The molecule has 7 nitrogen and oxygen atoms in total. The Labute approximate surface area is 184 Å². The number of anilines is 1. The number of carbonyl (C=O) groups excluding carboxylic acids is 1. The highest BCUT2D eigenvalue weighted by atomic mass is 32.1. The van der Waals surface area contributed by atoms with Crippen molar-refractivity contribution < 1.29 is 14.3 Å². The molecule has 2 aromatic carbocycles. The lowest BCUT2D eigenvalue weighted by Gasteiger charge is -2.08. The van der Waals surface area contributed by atoms with Crippen LogP contribution in [-0.2, 0) is 4.79 Å². The molecule has 8 heteroatoms. The molecule has 0 spiro atoms. The summed E-state index contributed by atoms with van der Waals surface area (Å²) in [5, 5.41) is 9.96. The SMILES string of the molecule is COc1cccc(-c2csc(-n3nc(C)cc3NC(=O)COc3cccc(C)c3)n2)c1. The lowest BCUT2D eigenvalue weighted by Crippen LogP contribution is -2.21. The molecule has 0 radical (unpaired) electrons. The number of benzene rings is 2. The van der Waals surface area contributed by atoms with Gasteiger partial charge in [-0.25, -0.2) is 4.98 Å². The van der Waals surface area contributed by atoms with E-state index in [0.717, 1.165) is 28.3 Å². The first-order chi connectivity index (χ1) is 15.0. The van der Waals surface area contributed by atoms with Crippen LogP contribution in [0.1, 0.15) is 11.3 Å². The van der Waals surface area contributed by atoms with Crippen LogP contribution in [0.2, 0.25) is 0 Å². The second-order valence-corrected chi connectivity index (χ2v) is 7.82. The van der Waals surface area contributed by atoms with Crippen molar-refractivity contribution in [2.24, 2.45) is 0 Å². The van der Waals surface area contributed by atoms with Gasteiger partial charge in [0, 0.05) is 17.0 Å². The molecule has 2 aromatic heterocycles. The fraction of sp³-hybridized carbons (Fsp3) is 0.174. The van der Waals surface area contributed by atoms with Gasteiger partial charge in [-0.05, 0) is 43.7 Å². The Morgan fingerprint density at radius 2 is 1.90 bits per heavy atom. The maximum atomic E-state index is 12.5. The van der Waals surface area contributed by atoms with E-state index in [1.54, 1.807) is 17.9 Å². The molecule has 0 aliphatic carbocycles. The second-order valence-electron chi connectivity index (χ2n) is 6.98. The first kappa shape index (κ1) is 20.6. The minimum absolute atomic E-state index is 0.0966. The molecule has 0 saturated carbocycles. The second kappa shape index (κ2) is 9.01. The molecule has 1 N–H and O–H groups in total. The molecule has 1 amide bonds. The summed E-state index contributed by atoms with van der Waals surface area (Å²) in [6.07, 6.45) is 0. The van der Waals surface area contributed by atoms with Gasteiger partial charge in [-0.2, -0.15) is 9.78 Å². The number of rotatable bonds is 7. The third-order valence-electron chi connectivity index (χ3n) is 4.50. The van der Waals surface area contributed by atoms with Crippen molar-refractivity contribution in [3.8, 4) is 27.9 Å². The number of methoxy groups -OCH3 is 1. The van der Waals surface area contributed by atoms with E-state index in [1.165, 1.54) is 11.3 Å². The molecule has 0 fully saturated rings. The summed E-state index contributed by atoms with van der Waals surface area (Å²) in [7, 11) is 1.63. The molecule has 158 valence electrons. The van der Waals surface area contributed by atoms with Gasteiger partial charge in [0.15, 0.2) is 6.61 Å². The Hall–Kier alpha value is -3.65. The molecule has 0 aliphatic rings. The summed E-state index contributed by atoms with van der Waals surface area (Å²) in [5.74, 6) is 1.69. The number of nitrogens with zero attached hydrogens (tertiary/aromatic N) is 3. The van der Waals surface area contributed by atoms with Gasteiger partial charge in [-0.3, -0.25) is 4.79 Å². The van der Waals surface area contributed by atoms with Crippen LogP contribution in [0.5, 0.6) is 11.5 Å². The Balaban J connectivity index is 1.49. The molecule has 0 aliphatic heterocycles. The number of carbonyl (C=O) groups is 1. The van der Waals surface area contributed by atoms with Crippen LogP contribution in [0, 0.1) is 13.8 Å². The normalized spacial score (nSPS) is 10.7. The molecule has 0 bridgehead atoms. The van der Waals surface area contributed by atoms with Crippen molar-refractivity contribution in [1.29, 1.82) is 0 Å². The van der Waals surface area contributed by atoms with Gasteiger partial charge < -0.3 is 14.8 Å². The number of thiazole rings is 1. The Morgan fingerprint density at radius 3 is 2.71 bits per heavy atom. The third kappa shape index (κ3) is 4.92. The maximum Gasteiger partial charge on any atom is 0.263 e. The first-order valence-corrected chi connectivity index (χ1v) is 10.6. The van der Waals surface area contributed by atoms with Gasteiger partial charge in [0.2, 0.25) is 5.13 Å². The first-order valence-electron chi connectivity index (χ1n) is 9.68. The topological polar surface area (TPSA) is 78.3 Å². The summed E-state index contributed by atoms with van der Waals surface area (Å²) in [6.45, 7) is 3.74. The van der Waals surface area contributed by atoms with Crippen LogP contribution < -0.4 is 14.8 Å². The molecule has 0 saturated heterocycles. The zero-order valence-electron chi connectivity index (χ0n) is 17.5. The molecule has 0 atom stereocenters. The van der Waals surface area contributed by atoms with E-state index in [2.05, 4.69) is 10.4 Å². The number of nitrogens with one attached hydrogen (secondary N) is 1. The van der Waals surface area contributed by atoms with Crippen molar-refractivity contribution >= 4 is 23.1 Å². The fourth-order valence-corrected chi connectivity index (χ4v) is 3.84. The van der Waals surface area contributed by atoms with Gasteiger partial charge in [0.1, 0.15) is 17.3 Å². The predicted molar refractivity (Wildman–Crippen MR) is 121 cm³/mol. The number of aryl methyl sites for hydroxylation is 2. The minimum atomic E-state index is -0.271. The summed E-state index contributed by atoms with van der Waals surface area (Å²) < 4.78 is 12.5. The lowest BCUT2D eigenvalue weighted by atomic mass is 10.2. The van der Waals surface area contributed by atoms with Crippen molar-refractivity contribution in [3.05, 3.63) is 71.2 Å². The van der Waals surface area contributed by atoms with Gasteiger partial charge >= 0.3 is 0 Å². The molecule has 31 heavy (non-hydrogen) atoms. The third-order valence-corrected chi connectivity index (χ3v) is 5.31. The lowest BCUT2D eigenvalue weighted by molar-refractivity contribution is -0.118. The van der Waals surface area contributed by atoms with Crippen molar-refractivity contribution in [3.63, 3.8) is 0 Å². The van der Waals surface area contributed by atoms with Crippen molar-refractivity contribution in [2.45, 2.75) is 13.8 Å². The van der Waals surface area contributed by atoms with Crippen LogP contribution in [0.25, 0.3) is 16.4 Å². The van der Waals surface area contributed by atoms with Gasteiger partial charge in [-0.15, -0.1) is 11.3 Å². The highest BCUT2D eigenvalue weighted by molar-refractivity contribution is 7.12. The van der Waals surface area contributed by atoms with E-state index in [0.29, 0.717) is 16.7 Å². The maximum absolute atomic E-state index is 12.5. The van der Waals surface area contributed by atoms with E-state index in [-0.39, 0.29) is 12.5 Å². The quantitative estimate of drug-likeness (QED) is 0.459. The highest BCUT2D eigenvalue weighted by Crippen LogP contribution is 2.28. The van der Waals surface area contributed by atoms with Crippen LogP contribution in [-0.4, -0.2) is 34.4 Å². The number of ether oxygens (including phenoxy) is 2. The van der Waals surface area contributed by atoms with E-state index < -0.39 is 0 Å². The van der Waals surface area contributed by atoms with Crippen molar-refractivity contribution in [2.75, 3.05) is 19.0 Å². The summed E-state index contributed by atoms with van der Waals surface area (Å²) in [4.78, 5) is 17.1. The van der Waals surface area contributed by atoms with E-state index in [4.69, 9.17) is 14.5 Å². The molecule has 2 heterocycles.